The first kappa shape index (κ1) is 12.5. The fourth-order valence-corrected chi connectivity index (χ4v) is 1.80. The van der Waals surface area contributed by atoms with E-state index in [2.05, 4.69) is 15.3 Å². The molecule has 0 spiro atoms. The van der Waals surface area contributed by atoms with Gasteiger partial charge in [-0.2, -0.15) is 0 Å². The van der Waals surface area contributed by atoms with Gasteiger partial charge < -0.3 is 10.1 Å². The van der Waals surface area contributed by atoms with Gasteiger partial charge in [-0.05, 0) is 32.2 Å². The minimum absolute atomic E-state index is 0.735. The van der Waals surface area contributed by atoms with Crippen LogP contribution in [0.15, 0.2) is 30.3 Å². The summed E-state index contributed by atoms with van der Waals surface area (Å²) >= 11 is 0. The van der Waals surface area contributed by atoms with Crippen LogP contribution in [0.25, 0.3) is 11.4 Å². The molecular weight excluding hydrogens is 226 g/mol. The maximum Gasteiger partial charge on any atom is 0.159 e. The largest absolute Gasteiger partial charge is 0.497 e. The molecule has 4 heteroatoms. The second-order valence-corrected chi connectivity index (χ2v) is 4.09. The van der Waals surface area contributed by atoms with Gasteiger partial charge in [0.25, 0.3) is 0 Å². The highest BCUT2D eigenvalue weighted by Crippen LogP contribution is 2.21. The topological polar surface area (TPSA) is 47.0 Å². The minimum Gasteiger partial charge on any atom is -0.497 e. The second kappa shape index (κ2) is 5.60. The summed E-state index contributed by atoms with van der Waals surface area (Å²) in [6.07, 6.45) is 0. The lowest BCUT2D eigenvalue weighted by Gasteiger charge is -2.07. The molecule has 0 aliphatic rings. The standard InChI is InChI=1S/C14H17N3O/c1-10-7-12(9-15-2)17-14(16-10)11-5-4-6-13(8-11)18-3/h4-8,15H,9H2,1-3H3. The molecule has 94 valence electrons. The van der Waals surface area contributed by atoms with E-state index in [-0.39, 0.29) is 0 Å². The molecule has 0 bridgehead atoms. The van der Waals surface area contributed by atoms with Gasteiger partial charge in [0.15, 0.2) is 5.82 Å². The van der Waals surface area contributed by atoms with Crippen molar-refractivity contribution in [3.63, 3.8) is 0 Å². The summed E-state index contributed by atoms with van der Waals surface area (Å²) in [4.78, 5) is 9.01. The summed E-state index contributed by atoms with van der Waals surface area (Å²) in [6.45, 7) is 2.71. The lowest BCUT2D eigenvalue weighted by Crippen LogP contribution is -2.08. The van der Waals surface area contributed by atoms with Crippen molar-refractivity contribution in [1.29, 1.82) is 0 Å². The van der Waals surface area contributed by atoms with Gasteiger partial charge in [-0.15, -0.1) is 0 Å². The van der Waals surface area contributed by atoms with Crippen LogP contribution in [0.4, 0.5) is 0 Å². The number of rotatable bonds is 4. The summed E-state index contributed by atoms with van der Waals surface area (Å²) < 4.78 is 5.22. The van der Waals surface area contributed by atoms with E-state index < -0.39 is 0 Å². The molecule has 1 aromatic carbocycles. The van der Waals surface area contributed by atoms with Crippen molar-refractivity contribution in [2.75, 3.05) is 14.2 Å². The zero-order valence-electron chi connectivity index (χ0n) is 10.9. The lowest BCUT2D eigenvalue weighted by molar-refractivity contribution is 0.415. The van der Waals surface area contributed by atoms with Crippen molar-refractivity contribution in [1.82, 2.24) is 15.3 Å². The Labute approximate surface area is 107 Å². The number of hydrogen-bond donors (Lipinski definition) is 1. The van der Waals surface area contributed by atoms with E-state index in [1.807, 2.05) is 44.3 Å². The van der Waals surface area contributed by atoms with Crippen molar-refractivity contribution in [3.8, 4) is 17.1 Å². The van der Waals surface area contributed by atoms with Crippen molar-refractivity contribution in [3.05, 3.63) is 41.7 Å². The van der Waals surface area contributed by atoms with Gasteiger partial charge in [-0.3, -0.25) is 0 Å². The molecule has 0 radical (unpaired) electrons. The second-order valence-electron chi connectivity index (χ2n) is 4.09. The first-order chi connectivity index (χ1) is 8.72. The number of nitrogens with one attached hydrogen (secondary N) is 1. The van der Waals surface area contributed by atoms with Gasteiger partial charge in [0, 0.05) is 17.8 Å². The van der Waals surface area contributed by atoms with Crippen LogP contribution >= 0.6 is 0 Å². The molecule has 1 N–H and O–H groups in total. The smallest absolute Gasteiger partial charge is 0.159 e. The van der Waals surface area contributed by atoms with Crippen LogP contribution in [0.3, 0.4) is 0 Å². The zero-order chi connectivity index (χ0) is 13.0. The zero-order valence-corrected chi connectivity index (χ0v) is 10.9. The van der Waals surface area contributed by atoms with Crippen molar-refractivity contribution < 1.29 is 4.74 Å². The maximum absolute atomic E-state index is 5.22. The van der Waals surface area contributed by atoms with E-state index in [0.29, 0.717) is 0 Å². The van der Waals surface area contributed by atoms with Crippen LogP contribution in [0.1, 0.15) is 11.4 Å². The molecule has 0 saturated heterocycles. The van der Waals surface area contributed by atoms with Crippen LogP contribution in [-0.4, -0.2) is 24.1 Å². The number of hydrogen-bond acceptors (Lipinski definition) is 4. The molecule has 4 nitrogen and oxygen atoms in total. The first-order valence-electron chi connectivity index (χ1n) is 5.86. The van der Waals surface area contributed by atoms with E-state index in [1.54, 1.807) is 7.11 Å². The summed E-state index contributed by atoms with van der Waals surface area (Å²) in [7, 11) is 3.56. The molecule has 2 aromatic rings. The molecule has 0 fully saturated rings. The van der Waals surface area contributed by atoms with Crippen LogP contribution in [0.2, 0.25) is 0 Å². The molecule has 18 heavy (non-hydrogen) atoms. The number of nitrogens with zero attached hydrogens (tertiary/aromatic N) is 2. The van der Waals surface area contributed by atoms with Gasteiger partial charge in [0.05, 0.1) is 12.8 Å². The predicted octanol–water partition coefficient (Wildman–Crippen LogP) is 2.18. The third-order valence-corrected chi connectivity index (χ3v) is 2.59. The summed E-state index contributed by atoms with van der Waals surface area (Å²) in [5.74, 6) is 1.55. The van der Waals surface area contributed by atoms with Crippen LogP contribution in [0.5, 0.6) is 5.75 Å². The van der Waals surface area contributed by atoms with Gasteiger partial charge in [0.2, 0.25) is 0 Å². The van der Waals surface area contributed by atoms with Gasteiger partial charge in [-0.25, -0.2) is 9.97 Å². The molecule has 0 unspecified atom stereocenters. The third kappa shape index (κ3) is 2.84. The summed E-state index contributed by atoms with van der Waals surface area (Å²) in [5, 5.41) is 3.10. The Morgan fingerprint density at radius 1 is 1.22 bits per heavy atom. The summed E-state index contributed by atoms with van der Waals surface area (Å²) in [6, 6.07) is 9.77. The normalized spacial score (nSPS) is 10.4. The Bertz CT molecular complexity index is 540. The third-order valence-electron chi connectivity index (χ3n) is 2.59. The Balaban J connectivity index is 2.42. The average Bonchev–Trinajstić information content (AvgIpc) is 2.38. The van der Waals surface area contributed by atoms with E-state index in [4.69, 9.17) is 4.74 Å². The molecule has 1 aromatic heterocycles. The highest BCUT2D eigenvalue weighted by atomic mass is 16.5. The number of benzene rings is 1. The monoisotopic (exact) mass is 243 g/mol. The molecule has 0 saturated carbocycles. The number of aromatic nitrogens is 2. The van der Waals surface area contributed by atoms with Crippen molar-refractivity contribution in [2.24, 2.45) is 0 Å². The molecule has 0 aliphatic heterocycles. The number of aryl methyl sites for hydroxylation is 1. The fourth-order valence-electron chi connectivity index (χ4n) is 1.80. The highest BCUT2D eigenvalue weighted by Gasteiger charge is 2.05. The first-order valence-corrected chi connectivity index (χ1v) is 5.86. The average molecular weight is 243 g/mol. The van der Waals surface area contributed by atoms with Gasteiger partial charge >= 0.3 is 0 Å². The van der Waals surface area contributed by atoms with Crippen LogP contribution < -0.4 is 10.1 Å². The van der Waals surface area contributed by atoms with E-state index in [0.717, 1.165) is 35.1 Å². The Morgan fingerprint density at radius 2 is 2.06 bits per heavy atom. The molecule has 1 heterocycles. The van der Waals surface area contributed by atoms with Gasteiger partial charge in [-0.1, -0.05) is 12.1 Å². The lowest BCUT2D eigenvalue weighted by atomic mass is 10.2. The van der Waals surface area contributed by atoms with Gasteiger partial charge in [0.1, 0.15) is 5.75 Å². The fraction of sp³-hybridized carbons (Fsp3) is 0.286. The molecule has 0 amide bonds. The van der Waals surface area contributed by atoms with E-state index >= 15 is 0 Å². The highest BCUT2D eigenvalue weighted by molar-refractivity contribution is 5.57. The van der Waals surface area contributed by atoms with E-state index in [1.165, 1.54) is 0 Å². The molecule has 0 atom stereocenters. The van der Waals surface area contributed by atoms with Crippen LogP contribution in [0, 0.1) is 6.92 Å². The SMILES string of the molecule is CNCc1cc(C)nc(-c2cccc(OC)c2)n1. The summed E-state index contributed by atoms with van der Waals surface area (Å²) in [5.41, 5.74) is 2.92. The maximum atomic E-state index is 5.22. The quantitative estimate of drug-likeness (QED) is 0.894. The number of methoxy groups -OCH3 is 1. The Hall–Kier alpha value is -1.94. The van der Waals surface area contributed by atoms with E-state index in [9.17, 15) is 0 Å². The van der Waals surface area contributed by atoms with Crippen molar-refractivity contribution >= 4 is 0 Å². The number of ether oxygens (including phenoxy) is 1. The minimum atomic E-state index is 0.735. The molecule has 2 rings (SSSR count). The predicted molar refractivity (Wildman–Crippen MR) is 71.5 cm³/mol. The molecular formula is C14H17N3O. The van der Waals surface area contributed by atoms with Crippen molar-refractivity contribution in [2.45, 2.75) is 13.5 Å². The Kier molecular flexibility index (Phi) is 3.89. The molecule has 0 aliphatic carbocycles. The Morgan fingerprint density at radius 3 is 2.78 bits per heavy atom. The van der Waals surface area contributed by atoms with Crippen LogP contribution in [-0.2, 0) is 6.54 Å².